The van der Waals surface area contributed by atoms with E-state index in [1.807, 2.05) is 54.6 Å². The van der Waals surface area contributed by atoms with Crippen molar-refractivity contribution in [3.05, 3.63) is 54.6 Å². The molecule has 0 fully saturated rings. The summed E-state index contributed by atoms with van der Waals surface area (Å²) in [6.07, 6.45) is 0. The summed E-state index contributed by atoms with van der Waals surface area (Å²) in [5, 5.41) is -0.507. The highest BCUT2D eigenvalue weighted by atomic mass is 35.5. The molecule has 3 heteroatoms. The number of para-hydroxylation sites is 1. The molecule has 0 spiro atoms. The summed E-state index contributed by atoms with van der Waals surface area (Å²) in [5.74, 6) is 0.660. The molecule has 86 valence electrons. The second kappa shape index (κ2) is 5.51. The lowest BCUT2D eigenvalue weighted by Gasteiger charge is -2.09. The van der Waals surface area contributed by atoms with Crippen molar-refractivity contribution in [1.82, 2.24) is 0 Å². The van der Waals surface area contributed by atoms with Gasteiger partial charge in [-0.2, -0.15) is 0 Å². The Hall–Kier alpha value is -1.80. The van der Waals surface area contributed by atoms with Gasteiger partial charge in [0.15, 0.2) is 6.61 Å². The molecule has 0 saturated carbocycles. The molecule has 0 unspecified atom stereocenters. The standard InChI is InChI=1S/C14H11ClO2/c15-14(16)10-17-13-9-5-4-8-12(13)11-6-2-1-3-7-11/h1-9H,10H2. The minimum atomic E-state index is -0.507. The summed E-state index contributed by atoms with van der Waals surface area (Å²) < 4.78 is 5.37. The van der Waals surface area contributed by atoms with E-state index in [4.69, 9.17) is 16.3 Å². The second-order valence-electron chi connectivity index (χ2n) is 3.51. The molecular formula is C14H11ClO2. The largest absolute Gasteiger partial charge is 0.484 e. The molecule has 2 aromatic carbocycles. The third-order valence-electron chi connectivity index (χ3n) is 2.31. The molecule has 2 nitrogen and oxygen atoms in total. The Balaban J connectivity index is 2.31. The number of hydrogen-bond acceptors (Lipinski definition) is 2. The van der Waals surface area contributed by atoms with Crippen molar-refractivity contribution in [2.75, 3.05) is 6.61 Å². The maximum atomic E-state index is 10.7. The summed E-state index contributed by atoms with van der Waals surface area (Å²) >= 11 is 5.26. The fraction of sp³-hybridized carbons (Fsp3) is 0.0714. The highest BCUT2D eigenvalue weighted by molar-refractivity contribution is 6.63. The Labute approximate surface area is 105 Å². The fourth-order valence-corrected chi connectivity index (χ4v) is 1.64. The molecule has 0 heterocycles. The molecule has 0 amide bonds. The first kappa shape index (κ1) is 11.7. The predicted octanol–water partition coefficient (Wildman–Crippen LogP) is 3.50. The van der Waals surface area contributed by atoms with Gasteiger partial charge in [-0.1, -0.05) is 48.5 Å². The van der Waals surface area contributed by atoms with Crippen molar-refractivity contribution >= 4 is 16.8 Å². The quantitative estimate of drug-likeness (QED) is 0.772. The highest BCUT2D eigenvalue weighted by Gasteiger charge is 2.06. The third kappa shape index (κ3) is 3.08. The average molecular weight is 247 g/mol. The number of carbonyl (C=O) groups is 1. The Morgan fingerprint density at radius 3 is 2.35 bits per heavy atom. The number of carbonyl (C=O) groups excluding carboxylic acids is 1. The van der Waals surface area contributed by atoms with Gasteiger partial charge in [-0.15, -0.1) is 0 Å². The van der Waals surface area contributed by atoms with Crippen LogP contribution in [0.15, 0.2) is 54.6 Å². The Kier molecular flexibility index (Phi) is 3.78. The highest BCUT2D eigenvalue weighted by Crippen LogP contribution is 2.29. The van der Waals surface area contributed by atoms with Crippen LogP contribution in [0.1, 0.15) is 0 Å². The molecule has 0 aliphatic rings. The molecular weight excluding hydrogens is 236 g/mol. The molecule has 2 aromatic rings. The van der Waals surface area contributed by atoms with E-state index in [9.17, 15) is 4.79 Å². The van der Waals surface area contributed by atoms with E-state index in [1.165, 1.54) is 0 Å². The van der Waals surface area contributed by atoms with Crippen LogP contribution in [0.2, 0.25) is 0 Å². The van der Waals surface area contributed by atoms with Gasteiger partial charge in [0.25, 0.3) is 5.24 Å². The number of hydrogen-bond donors (Lipinski definition) is 0. The van der Waals surface area contributed by atoms with E-state index >= 15 is 0 Å². The van der Waals surface area contributed by atoms with Gasteiger partial charge in [0.05, 0.1) is 0 Å². The lowest BCUT2D eigenvalue weighted by atomic mass is 10.1. The lowest BCUT2D eigenvalue weighted by molar-refractivity contribution is -0.113. The van der Waals surface area contributed by atoms with Gasteiger partial charge in [0, 0.05) is 5.56 Å². The Morgan fingerprint density at radius 1 is 1.00 bits per heavy atom. The first-order chi connectivity index (χ1) is 8.27. The smallest absolute Gasteiger partial charge is 0.259 e. The van der Waals surface area contributed by atoms with Crippen LogP contribution in [0, 0.1) is 0 Å². The van der Waals surface area contributed by atoms with Crippen LogP contribution < -0.4 is 4.74 Å². The lowest BCUT2D eigenvalue weighted by Crippen LogP contribution is -2.05. The van der Waals surface area contributed by atoms with Gasteiger partial charge < -0.3 is 4.74 Å². The molecule has 2 rings (SSSR count). The monoisotopic (exact) mass is 246 g/mol. The van der Waals surface area contributed by atoms with Crippen molar-refractivity contribution < 1.29 is 9.53 Å². The van der Waals surface area contributed by atoms with Crippen LogP contribution in [0.25, 0.3) is 11.1 Å². The predicted molar refractivity (Wildman–Crippen MR) is 68.2 cm³/mol. The zero-order valence-corrected chi connectivity index (χ0v) is 9.85. The molecule has 0 aliphatic heterocycles. The van der Waals surface area contributed by atoms with Crippen LogP contribution in [0.5, 0.6) is 5.75 Å². The molecule has 0 atom stereocenters. The molecule has 0 aromatic heterocycles. The van der Waals surface area contributed by atoms with E-state index < -0.39 is 5.24 Å². The topological polar surface area (TPSA) is 26.3 Å². The molecule has 0 radical (unpaired) electrons. The average Bonchev–Trinajstić information content (AvgIpc) is 2.38. The Morgan fingerprint density at radius 2 is 1.65 bits per heavy atom. The normalized spacial score (nSPS) is 9.94. The zero-order chi connectivity index (χ0) is 12.1. The van der Waals surface area contributed by atoms with Gasteiger partial charge in [-0.05, 0) is 23.2 Å². The van der Waals surface area contributed by atoms with E-state index in [2.05, 4.69) is 0 Å². The number of rotatable bonds is 4. The van der Waals surface area contributed by atoms with Crippen LogP contribution in [0.4, 0.5) is 0 Å². The molecule has 17 heavy (non-hydrogen) atoms. The second-order valence-corrected chi connectivity index (χ2v) is 3.93. The first-order valence-corrected chi connectivity index (χ1v) is 5.61. The van der Waals surface area contributed by atoms with Crippen LogP contribution >= 0.6 is 11.6 Å². The van der Waals surface area contributed by atoms with Crippen molar-refractivity contribution in [2.45, 2.75) is 0 Å². The van der Waals surface area contributed by atoms with Gasteiger partial charge in [-0.3, -0.25) is 4.79 Å². The maximum absolute atomic E-state index is 10.7. The summed E-state index contributed by atoms with van der Waals surface area (Å²) in [6, 6.07) is 17.4. The van der Waals surface area contributed by atoms with Crippen LogP contribution in [-0.2, 0) is 4.79 Å². The number of ether oxygens (including phenoxy) is 1. The van der Waals surface area contributed by atoms with E-state index in [0.717, 1.165) is 11.1 Å². The maximum Gasteiger partial charge on any atom is 0.259 e. The molecule has 0 N–H and O–H groups in total. The van der Waals surface area contributed by atoms with Gasteiger partial charge in [0.2, 0.25) is 0 Å². The van der Waals surface area contributed by atoms with Crippen molar-refractivity contribution in [2.24, 2.45) is 0 Å². The summed E-state index contributed by atoms with van der Waals surface area (Å²) in [6.45, 7) is -0.120. The van der Waals surface area contributed by atoms with Gasteiger partial charge in [0.1, 0.15) is 5.75 Å². The summed E-state index contributed by atoms with van der Waals surface area (Å²) in [5.41, 5.74) is 2.00. The Bertz CT molecular complexity index is 509. The van der Waals surface area contributed by atoms with Crippen molar-refractivity contribution in [3.8, 4) is 16.9 Å². The number of halogens is 1. The van der Waals surface area contributed by atoms with Crippen molar-refractivity contribution in [1.29, 1.82) is 0 Å². The van der Waals surface area contributed by atoms with E-state index in [1.54, 1.807) is 0 Å². The minimum Gasteiger partial charge on any atom is -0.484 e. The van der Waals surface area contributed by atoms with Crippen LogP contribution in [-0.4, -0.2) is 11.8 Å². The first-order valence-electron chi connectivity index (χ1n) is 5.23. The fourth-order valence-electron chi connectivity index (χ4n) is 1.58. The van der Waals surface area contributed by atoms with Gasteiger partial charge in [-0.25, -0.2) is 0 Å². The van der Waals surface area contributed by atoms with Crippen molar-refractivity contribution in [3.63, 3.8) is 0 Å². The SMILES string of the molecule is O=C(Cl)COc1ccccc1-c1ccccc1. The van der Waals surface area contributed by atoms with E-state index in [-0.39, 0.29) is 6.61 Å². The zero-order valence-electron chi connectivity index (χ0n) is 9.10. The number of benzene rings is 2. The van der Waals surface area contributed by atoms with Gasteiger partial charge >= 0.3 is 0 Å². The minimum absolute atomic E-state index is 0.120. The molecule has 0 bridgehead atoms. The molecule has 0 aliphatic carbocycles. The third-order valence-corrected chi connectivity index (χ3v) is 2.42. The van der Waals surface area contributed by atoms with Crippen LogP contribution in [0.3, 0.4) is 0 Å². The summed E-state index contributed by atoms with van der Waals surface area (Å²) in [4.78, 5) is 10.7. The van der Waals surface area contributed by atoms with E-state index in [0.29, 0.717) is 5.75 Å². The molecule has 0 saturated heterocycles. The summed E-state index contributed by atoms with van der Waals surface area (Å²) in [7, 11) is 0.